The summed E-state index contributed by atoms with van der Waals surface area (Å²) in [4.78, 5) is 43.3. The minimum atomic E-state index is -0.333. The van der Waals surface area contributed by atoms with E-state index in [1.165, 1.54) is 9.80 Å². The number of piperidine rings is 1. The van der Waals surface area contributed by atoms with Crippen molar-refractivity contribution in [1.29, 1.82) is 0 Å². The van der Waals surface area contributed by atoms with Crippen molar-refractivity contribution in [3.05, 3.63) is 70.0 Å². The highest BCUT2D eigenvalue weighted by Crippen LogP contribution is 2.44. The van der Waals surface area contributed by atoms with Crippen molar-refractivity contribution in [3.8, 4) is 0 Å². The molecule has 3 heterocycles. The fourth-order valence-corrected chi connectivity index (χ4v) is 5.97. The van der Waals surface area contributed by atoms with Crippen LogP contribution in [0, 0.1) is 6.92 Å². The van der Waals surface area contributed by atoms with Gasteiger partial charge in [0.25, 0.3) is 5.91 Å². The van der Waals surface area contributed by atoms with Crippen molar-refractivity contribution in [2.45, 2.75) is 32.1 Å². The second-order valence-corrected chi connectivity index (χ2v) is 11.0. The van der Waals surface area contributed by atoms with Crippen LogP contribution in [0.4, 0.5) is 11.5 Å². The second kappa shape index (κ2) is 10.6. The predicted molar refractivity (Wildman–Crippen MR) is 151 cm³/mol. The SMILES string of the molecule is Cc1cc(N(C)C(=O)CN(C=O)c2cccc(Br)c2C2(C)CCN(C(=O)c3ccc4[nH]ncc4c3)CC2)no1. The molecule has 0 atom stereocenters. The van der Waals surface area contributed by atoms with Gasteiger partial charge in [0.1, 0.15) is 12.3 Å². The van der Waals surface area contributed by atoms with E-state index in [0.29, 0.717) is 55.2 Å². The molecule has 0 aliphatic carbocycles. The zero-order chi connectivity index (χ0) is 27.7. The molecular weight excluding hydrogens is 564 g/mol. The van der Waals surface area contributed by atoms with Crippen LogP contribution < -0.4 is 9.80 Å². The van der Waals surface area contributed by atoms with Crippen molar-refractivity contribution in [3.63, 3.8) is 0 Å². The van der Waals surface area contributed by atoms with Gasteiger partial charge in [-0.2, -0.15) is 5.10 Å². The Balaban J connectivity index is 1.34. The Morgan fingerprint density at radius 1 is 1.21 bits per heavy atom. The van der Waals surface area contributed by atoms with E-state index in [9.17, 15) is 14.4 Å². The molecule has 1 saturated heterocycles. The number of benzene rings is 2. The second-order valence-electron chi connectivity index (χ2n) is 10.1. The highest BCUT2D eigenvalue weighted by atomic mass is 79.9. The summed E-state index contributed by atoms with van der Waals surface area (Å²) in [5.74, 6) is 0.653. The Morgan fingerprint density at radius 3 is 2.67 bits per heavy atom. The first-order chi connectivity index (χ1) is 18.7. The van der Waals surface area contributed by atoms with Crippen LogP contribution in [0.5, 0.6) is 0 Å². The van der Waals surface area contributed by atoms with Gasteiger partial charge in [-0.15, -0.1) is 0 Å². The highest BCUT2D eigenvalue weighted by Gasteiger charge is 2.38. The lowest BCUT2D eigenvalue weighted by atomic mass is 9.73. The average molecular weight is 593 g/mol. The molecule has 0 saturated carbocycles. The van der Waals surface area contributed by atoms with Crippen LogP contribution >= 0.6 is 15.9 Å². The molecular formula is C28H29BrN6O4. The number of amides is 3. The van der Waals surface area contributed by atoms with Gasteiger partial charge in [-0.05, 0) is 61.1 Å². The van der Waals surface area contributed by atoms with Crippen LogP contribution in [0.25, 0.3) is 10.9 Å². The van der Waals surface area contributed by atoms with Gasteiger partial charge in [0, 0.05) is 47.3 Å². The maximum Gasteiger partial charge on any atom is 0.253 e. The van der Waals surface area contributed by atoms with E-state index in [0.717, 1.165) is 20.9 Å². The highest BCUT2D eigenvalue weighted by molar-refractivity contribution is 9.10. The fraction of sp³-hybridized carbons (Fsp3) is 0.321. The summed E-state index contributed by atoms with van der Waals surface area (Å²) < 4.78 is 5.94. The molecule has 2 aromatic carbocycles. The van der Waals surface area contributed by atoms with E-state index >= 15 is 0 Å². The third-order valence-electron chi connectivity index (χ3n) is 7.51. The van der Waals surface area contributed by atoms with Gasteiger partial charge in [-0.3, -0.25) is 24.4 Å². The first-order valence-electron chi connectivity index (χ1n) is 12.6. The Bertz CT molecular complexity index is 1540. The van der Waals surface area contributed by atoms with Crippen molar-refractivity contribution < 1.29 is 18.9 Å². The number of fused-ring (bicyclic) bond motifs is 1. The normalized spacial score (nSPS) is 14.8. The number of nitrogens with one attached hydrogen (secondary N) is 1. The summed E-state index contributed by atoms with van der Waals surface area (Å²) in [5.41, 5.74) is 2.79. The smallest absolute Gasteiger partial charge is 0.253 e. The number of likely N-dealkylation sites (tertiary alicyclic amines) is 1. The van der Waals surface area contributed by atoms with Crippen LogP contribution in [0.2, 0.25) is 0 Å². The summed E-state index contributed by atoms with van der Waals surface area (Å²) in [6, 6.07) is 12.9. The Labute approximate surface area is 234 Å². The van der Waals surface area contributed by atoms with Crippen molar-refractivity contribution >= 4 is 56.6 Å². The van der Waals surface area contributed by atoms with Crippen LogP contribution in [0.15, 0.2) is 57.7 Å². The van der Waals surface area contributed by atoms with Gasteiger partial charge in [-0.1, -0.05) is 34.1 Å². The molecule has 202 valence electrons. The Kier molecular flexibility index (Phi) is 7.26. The lowest BCUT2D eigenvalue weighted by Crippen LogP contribution is -2.45. The summed E-state index contributed by atoms with van der Waals surface area (Å²) in [7, 11) is 1.60. The molecule has 4 aromatic rings. The van der Waals surface area contributed by atoms with E-state index in [1.807, 2.05) is 41.3 Å². The molecule has 0 unspecified atom stereocenters. The molecule has 0 spiro atoms. The average Bonchev–Trinajstić information content (AvgIpc) is 3.59. The van der Waals surface area contributed by atoms with Crippen molar-refractivity contribution in [2.75, 3.05) is 36.5 Å². The van der Waals surface area contributed by atoms with Crippen LogP contribution in [-0.4, -0.2) is 65.2 Å². The number of rotatable bonds is 7. The third-order valence-corrected chi connectivity index (χ3v) is 8.17. The number of hydrogen-bond donors (Lipinski definition) is 1. The molecule has 0 bridgehead atoms. The molecule has 1 aliphatic heterocycles. The van der Waals surface area contributed by atoms with E-state index in [4.69, 9.17) is 4.52 Å². The van der Waals surface area contributed by atoms with Gasteiger partial charge >= 0.3 is 0 Å². The summed E-state index contributed by atoms with van der Waals surface area (Å²) >= 11 is 3.70. The number of nitrogens with zero attached hydrogens (tertiary/aromatic N) is 5. The monoisotopic (exact) mass is 592 g/mol. The first-order valence-corrected chi connectivity index (χ1v) is 13.4. The molecule has 1 aliphatic rings. The number of halogens is 1. The van der Waals surface area contributed by atoms with Gasteiger partial charge in [-0.25, -0.2) is 0 Å². The number of aryl methyl sites for hydroxylation is 1. The lowest BCUT2D eigenvalue weighted by molar-refractivity contribution is -0.118. The summed E-state index contributed by atoms with van der Waals surface area (Å²) in [6.07, 6.45) is 3.78. The molecule has 11 heteroatoms. The summed E-state index contributed by atoms with van der Waals surface area (Å²) in [5, 5.41) is 11.7. The Morgan fingerprint density at radius 2 is 1.97 bits per heavy atom. The molecule has 0 radical (unpaired) electrons. The van der Waals surface area contributed by atoms with Gasteiger partial charge in [0.2, 0.25) is 12.3 Å². The molecule has 2 aromatic heterocycles. The van der Waals surface area contributed by atoms with E-state index < -0.39 is 0 Å². The van der Waals surface area contributed by atoms with Crippen LogP contribution in [0.3, 0.4) is 0 Å². The van der Waals surface area contributed by atoms with Gasteiger partial charge in [0.05, 0.1) is 11.7 Å². The lowest BCUT2D eigenvalue weighted by Gasteiger charge is -2.42. The fourth-order valence-electron chi connectivity index (χ4n) is 5.13. The van der Waals surface area contributed by atoms with Crippen molar-refractivity contribution in [1.82, 2.24) is 20.3 Å². The number of H-pyrrole nitrogens is 1. The standard InChI is InChI=1S/C28H29BrN6O4/c1-18-13-24(32-39-18)33(3)25(37)16-35(17-36)23-6-4-5-21(29)26(23)28(2)9-11-34(12-10-28)27(38)19-7-8-22-20(14-19)15-30-31-22/h4-8,13-15,17H,9-12,16H2,1-3H3,(H,30,31). The topological polar surface area (TPSA) is 116 Å². The quantitative estimate of drug-likeness (QED) is 0.317. The number of carbonyl (C=O) groups excluding carboxylic acids is 3. The molecule has 39 heavy (non-hydrogen) atoms. The molecule has 3 amide bonds. The van der Waals surface area contributed by atoms with Crippen LogP contribution in [0.1, 0.15) is 41.4 Å². The largest absolute Gasteiger partial charge is 0.360 e. The molecule has 1 N–H and O–H groups in total. The minimum Gasteiger partial charge on any atom is -0.360 e. The third kappa shape index (κ3) is 5.18. The van der Waals surface area contributed by atoms with E-state index in [2.05, 4.69) is 38.2 Å². The van der Waals surface area contributed by atoms with Gasteiger partial charge < -0.3 is 14.3 Å². The zero-order valence-corrected chi connectivity index (χ0v) is 23.6. The maximum absolute atomic E-state index is 13.3. The number of likely N-dealkylation sites (N-methyl/N-ethyl adjacent to an activating group) is 1. The number of hydrogen-bond acceptors (Lipinski definition) is 6. The zero-order valence-electron chi connectivity index (χ0n) is 22.0. The Hall–Kier alpha value is -3.99. The molecule has 1 fully saturated rings. The summed E-state index contributed by atoms with van der Waals surface area (Å²) in [6.45, 7) is 4.86. The number of carbonyl (C=O) groups is 3. The van der Waals surface area contributed by atoms with Crippen LogP contribution in [-0.2, 0) is 15.0 Å². The first kappa shape index (κ1) is 26.6. The minimum absolute atomic E-state index is 0.0151. The number of aromatic nitrogens is 3. The maximum atomic E-state index is 13.3. The molecule has 5 rings (SSSR count). The molecule has 10 nitrogen and oxygen atoms in total. The number of aromatic amines is 1. The van der Waals surface area contributed by atoms with Crippen molar-refractivity contribution in [2.24, 2.45) is 0 Å². The number of anilines is 2. The van der Waals surface area contributed by atoms with Gasteiger partial charge in [0.15, 0.2) is 5.82 Å². The predicted octanol–water partition coefficient (Wildman–Crippen LogP) is 4.44. The van der Waals surface area contributed by atoms with E-state index in [1.54, 1.807) is 26.2 Å². The van der Waals surface area contributed by atoms with E-state index in [-0.39, 0.29) is 23.8 Å².